The Morgan fingerprint density at radius 2 is 2.00 bits per heavy atom. The number of fused-ring (bicyclic) bond motifs is 1. The lowest BCUT2D eigenvalue weighted by Crippen LogP contribution is -2.27. The summed E-state index contributed by atoms with van der Waals surface area (Å²) >= 11 is 1.62. The maximum absolute atomic E-state index is 13.1. The molecule has 140 valence electrons. The number of hydrogen-bond acceptors (Lipinski definition) is 4. The minimum Gasteiger partial charge on any atom is -0.464 e. The van der Waals surface area contributed by atoms with E-state index in [4.69, 9.17) is 4.42 Å². The van der Waals surface area contributed by atoms with Gasteiger partial charge in [0.2, 0.25) is 0 Å². The fourth-order valence-electron chi connectivity index (χ4n) is 3.21. The van der Waals surface area contributed by atoms with Gasteiger partial charge in [0.1, 0.15) is 5.58 Å². The maximum atomic E-state index is 13.1. The Hall–Kier alpha value is -2.41. The predicted octanol–water partition coefficient (Wildman–Crippen LogP) is 5.43. The second-order valence-corrected chi connectivity index (χ2v) is 7.40. The first kappa shape index (κ1) is 18.0. The van der Waals surface area contributed by atoms with Crippen LogP contribution in [0.25, 0.3) is 11.0 Å². The number of alkyl halides is 3. The number of hydrogen-bond donors (Lipinski definition) is 1. The molecule has 0 saturated carbocycles. The largest absolute Gasteiger partial charge is 0.464 e. The van der Waals surface area contributed by atoms with Crippen LogP contribution in [-0.2, 0) is 12.6 Å². The van der Waals surface area contributed by atoms with Crippen LogP contribution in [0.3, 0.4) is 0 Å². The third kappa shape index (κ3) is 3.98. The molecule has 0 radical (unpaired) electrons. The molecule has 4 rings (SSSR count). The zero-order chi connectivity index (χ0) is 18.9. The molecule has 1 aromatic heterocycles. The third-order valence-electron chi connectivity index (χ3n) is 4.46. The van der Waals surface area contributed by atoms with Gasteiger partial charge in [0.05, 0.1) is 24.4 Å². The highest BCUT2D eigenvalue weighted by Crippen LogP contribution is 2.32. The van der Waals surface area contributed by atoms with E-state index in [-0.39, 0.29) is 6.04 Å². The molecule has 27 heavy (non-hydrogen) atoms. The van der Waals surface area contributed by atoms with E-state index in [0.29, 0.717) is 12.0 Å². The first-order chi connectivity index (χ1) is 13.0. The number of nitrogens with one attached hydrogen (secondary N) is 1. The predicted molar refractivity (Wildman–Crippen MR) is 102 cm³/mol. The van der Waals surface area contributed by atoms with E-state index < -0.39 is 11.7 Å². The van der Waals surface area contributed by atoms with Crippen molar-refractivity contribution < 1.29 is 17.6 Å². The normalized spacial score (nSPS) is 15.7. The summed E-state index contributed by atoms with van der Waals surface area (Å²) in [4.78, 5) is 4.43. The van der Waals surface area contributed by atoms with Crippen LogP contribution in [0.5, 0.6) is 0 Å². The van der Waals surface area contributed by atoms with Crippen LogP contribution < -0.4 is 5.32 Å². The van der Waals surface area contributed by atoms with Crippen molar-refractivity contribution in [2.45, 2.75) is 18.6 Å². The van der Waals surface area contributed by atoms with Crippen LogP contribution in [0.15, 0.2) is 64.2 Å². The molecule has 1 aliphatic rings. The monoisotopic (exact) mass is 390 g/mol. The van der Waals surface area contributed by atoms with E-state index in [9.17, 15) is 13.2 Å². The maximum Gasteiger partial charge on any atom is 0.416 e. The van der Waals surface area contributed by atoms with Gasteiger partial charge in [-0.1, -0.05) is 48.2 Å². The SMILES string of the molecule is FC(F)(F)c1cccc(CC(NC2=NCCS2)c2cccc3ccoc23)c1. The molecule has 0 aliphatic carbocycles. The van der Waals surface area contributed by atoms with Gasteiger partial charge in [-0.3, -0.25) is 4.99 Å². The molecule has 7 heteroatoms. The lowest BCUT2D eigenvalue weighted by Gasteiger charge is -2.21. The molecule has 0 fully saturated rings. The van der Waals surface area contributed by atoms with Gasteiger partial charge < -0.3 is 9.73 Å². The minimum atomic E-state index is -4.36. The fraction of sp³-hybridized carbons (Fsp3) is 0.250. The lowest BCUT2D eigenvalue weighted by atomic mass is 9.96. The number of para-hydroxylation sites is 1. The second kappa shape index (κ2) is 7.31. The third-order valence-corrected chi connectivity index (χ3v) is 5.37. The molecule has 1 aliphatic heterocycles. The molecule has 2 aromatic carbocycles. The smallest absolute Gasteiger partial charge is 0.416 e. The molecule has 2 heterocycles. The Bertz CT molecular complexity index is 981. The van der Waals surface area contributed by atoms with Gasteiger partial charge >= 0.3 is 6.18 Å². The van der Waals surface area contributed by atoms with E-state index in [2.05, 4.69) is 10.3 Å². The number of thioether (sulfide) groups is 1. The van der Waals surface area contributed by atoms with E-state index in [1.165, 1.54) is 12.1 Å². The summed E-state index contributed by atoms with van der Waals surface area (Å²) in [6.07, 6.45) is -2.34. The molecule has 0 bridgehead atoms. The lowest BCUT2D eigenvalue weighted by molar-refractivity contribution is -0.137. The number of rotatable bonds is 4. The summed E-state index contributed by atoms with van der Waals surface area (Å²) in [6, 6.07) is 12.9. The minimum absolute atomic E-state index is 0.243. The van der Waals surface area contributed by atoms with Crippen LogP contribution in [0.1, 0.15) is 22.7 Å². The van der Waals surface area contributed by atoms with Crippen molar-refractivity contribution in [1.82, 2.24) is 5.32 Å². The molecular weight excluding hydrogens is 373 g/mol. The van der Waals surface area contributed by atoms with Crippen molar-refractivity contribution in [3.8, 4) is 0 Å². The van der Waals surface area contributed by atoms with Crippen molar-refractivity contribution in [2.24, 2.45) is 4.99 Å². The highest BCUT2D eigenvalue weighted by Gasteiger charge is 2.30. The van der Waals surface area contributed by atoms with Crippen molar-refractivity contribution in [2.75, 3.05) is 12.3 Å². The van der Waals surface area contributed by atoms with Crippen LogP contribution in [0, 0.1) is 0 Å². The molecule has 1 unspecified atom stereocenters. The number of furan rings is 1. The van der Waals surface area contributed by atoms with Gasteiger partial charge in [0.15, 0.2) is 5.17 Å². The first-order valence-corrected chi connectivity index (χ1v) is 9.55. The van der Waals surface area contributed by atoms with Crippen molar-refractivity contribution in [3.63, 3.8) is 0 Å². The van der Waals surface area contributed by atoms with Gasteiger partial charge in [-0.25, -0.2) is 0 Å². The van der Waals surface area contributed by atoms with E-state index in [1.54, 1.807) is 24.1 Å². The van der Waals surface area contributed by atoms with E-state index in [0.717, 1.165) is 40.1 Å². The van der Waals surface area contributed by atoms with Gasteiger partial charge in [0.25, 0.3) is 0 Å². The zero-order valence-corrected chi connectivity index (χ0v) is 15.1. The van der Waals surface area contributed by atoms with Gasteiger partial charge in [0, 0.05) is 16.7 Å². The zero-order valence-electron chi connectivity index (χ0n) is 14.3. The van der Waals surface area contributed by atoms with Crippen LogP contribution >= 0.6 is 11.8 Å². The molecule has 3 aromatic rings. The summed E-state index contributed by atoms with van der Waals surface area (Å²) in [6.45, 7) is 0.744. The van der Waals surface area contributed by atoms with Crippen molar-refractivity contribution >= 4 is 27.9 Å². The Labute approximate surface area is 158 Å². The molecule has 0 spiro atoms. The number of nitrogens with zero attached hydrogens (tertiary/aromatic N) is 1. The Kier molecular flexibility index (Phi) is 4.86. The summed E-state index contributed by atoms with van der Waals surface area (Å²) < 4.78 is 44.9. The summed E-state index contributed by atoms with van der Waals surface area (Å²) in [7, 11) is 0. The second-order valence-electron chi connectivity index (χ2n) is 6.32. The molecule has 0 amide bonds. The topological polar surface area (TPSA) is 37.5 Å². The molecule has 0 saturated heterocycles. The Morgan fingerprint density at radius 3 is 2.78 bits per heavy atom. The number of benzene rings is 2. The quantitative estimate of drug-likeness (QED) is 0.646. The molecule has 1 N–H and O–H groups in total. The van der Waals surface area contributed by atoms with Gasteiger partial charge in [-0.05, 0) is 24.1 Å². The van der Waals surface area contributed by atoms with E-state index in [1.807, 2.05) is 24.3 Å². The number of amidine groups is 1. The molecule has 3 nitrogen and oxygen atoms in total. The first-order valence-electron chi connectivity index (χ1n) is 8.57. The summed E-state index contributed by atoms with van der Waals surface area (Å²) in [5, 5.41) is 5.17. The fourth-order valence-corrected chi connectivity index (χ4v) is 4.00. The van der Waals surface area contributed by atoms with Crippen LogP contribution in [-0.4, -0.2) is 17.5 Å². The standard InChI is InChI=1S/C20H17F3N2OS/c21-20(22,23)15-5-1-3-13(11-15)12-17(25-19-24-8-10-27-19)16-6-2-4-14-7-9-26-18(14)16/h1-7,9,11,17H,8,10,12H2,(H,24,25). The summed E-state index contributed by atoms with van der Waals surface area (Å²) in [5.41, 5.74) is 1.62. The summed E-state index contributed by atoms with van der Waals surface area (Å²) in [5.74, 6) is 0.906. The van der Waals surface area contributed by atoms with Crippen LogP contribution in [0.2, 0.25) is 0 Å². The van der Waals surface area contributed by atoms with Crippen molar-refractivity contribution in [1.29, 1.82) is 0 Å². The average molecular weight is 390 g/mol. The average Bonchev–Trinajstić information content (AvgIpc) is 3.32. The van der Waals surface area contributed by atoms with Gasteiger partial charge in [-0.15, -0.1) is 0 Å². The highest BCUT2D eigenvalue weighted by atomic mass is 32.2. The highest BCUT2D eigenvalue weighted by molar-refractivity contribution is 8.14. The van der Waals surface area contributed by atoms with Crippen molar-refractivity contribution in [3.05, 3.63) is 71.5 Å². The Balaban J connectivity index is 1.69. The molecule has 1 atom stereocenters. The van der Waals surface area contributed by atoms with Gasteiger partial charge in [-0.2, -0.15) is 13.2 Å². The Morgan fingerprint density at radius 1 is 1.15 bits per heavy atom. The number of halogens is 3. The van der Waals surface area contributed by atoms with E-state index >= 15 is 0 Å². The van der Waals surface area contributed by atoms with Crippen LogP contribution in [0.4, 0.5) is 13.2 Å². The molecular formula is C20H17F3N2OS. The number of aliphatic imine (C=N–C) groups is 1.